The highest BCUT2D eigenvalue weighted by molar-refractivity contribution is 5.85. The molecule has 1 atom stereocenters. The second-order valence-corrected chi connectivity index (χ2v) is 5.68. The highest BCUT2D eigenvalue weighted by atomic mass is 16.6. The minimum absolute atomic E-state index is 0.320. The van der Waals surface area contributed by atoms with E-state index in [1.54, 1.807) is 56.6 Å². The molecule has 0 aromatic heterocycles. The quantitative estimate of drug-likeness (QED) is 0.680. The van der Waals surface area contributed by atoms with Crippen LogP contribution in [0.5, 0.6) is 11.5 Å². The predicted molar refractivity (Wildman–Crippen MR) is 97.1 cm³/mol. The lowest BCUT2D eigenvalue weighted by atomic mass is 10.1. The second kappa shape index (κ2) is 9.46. The van der Waals surface area contributed by atoms with Crippen molar-refractivity contribution in [2.75, 3.05) is 27.3 Å². The van der Waals surface area contributed by atoms with Gasteiger partial charge in [-0.1, -0.05) is 42.5 Å². The number of carbonyl (C=O) groups excluding carboxylic acids is 2. The lowest BCUT2D eigenvalue weighted by Gasteiger charge is -2.21. The Hall–Kier alpha value is -3.02. The first-order valence-corrected chi connectivity index (χ1v) is 8.33. The lowest BCUT2D eigenvalue weighted by molar-refractivity contribution is -0.161. The minimum Gasteiger partial charge on any atom is -0.490 e. The summed E-state index contributed by atoms with van der Waals surface area (Å²) in [5.41, 5.74) is 0.606. The van der Waals surface area contributed by atoms with Crippen molar-refractivity contribution in [1.82, 2.24) is 4.90 Å². The van der Waals surface area contributed by atoms with Gasteiger partial charge in [-0.3, -0.25) is 4.79 Å². The molecule has 0 aliphatic rings. The molecule has 0 saturated heterocycles. The van der Waals surface area contributed by atoms with Crippen LogP contribution in [0, 0.1) is 0 Å². The van der Waals surface area contributed by atoms with Crippen LogP contribution >= 0.6 is 0 Å². The van der Waals surface area contributed by atoms with Crippen LogP contribution in [0.2, 0.25) is 0 Å². The summed E-state index contributed by atoms with van der Waals surface area (Å²) in [6.07, 6.45) is -1.01. The Morgan fingerprint density at radius 2 is 1.50 bits per heavy atom. The number of hydrogen-bond acceptors (Lipinski definition) is 5. The van der Waals surface area contributed by atoms with Crippen LogP contribution in [0.3, 0.4) is 0 Å². The van der Waals surface area contributed by atoms with E-state index in [0.717, 1.165) is 0 Å². The summed E-state index contributed by atoms with van der Waals surface area (Å²) in [6.45, 7) is 2.02. The van der Waals surface area contributed by atoms with Crippen molar-refractivity contribution >= 4 is 11.9 Å². The fourth-order valence-electron chi connectivity index (χ4n) is 2.27. The molecule has 1 amide bonds. The van der Waals surface area contributed by atoms with E-state index in [4.69, 9.17) is 14.2 Å². The van der Waals surface area contributed by atoms with Crippen LogP contribution in [0.25, 0.3) is 0 Å². The Bertz CT molecular complexity index is 730. The zero-order valence-electron chi connectivity index (χ0n) is 15.2. The molecule has 2 aromatic carbocycles. The molecular weight excluding hydrogens is 334 g/mol. The van der Waals surface area contributed by atoms with Crippen LogP contribution in [0.15, 0.2) is 54.6 Å². The van der Waals surface area contributed by atoms with E-state index in [1.165, 1.54) is 4.90 Å². The van der Waals surface area contributed by atoms with Crippen molar-refractivity contribution in [3.8, 4) is 11.5 Å². The van der Waals surface area contributed by atoms with Crippen molar-refractivity contribution in [1.29, 1.82) is 0 Å². The van der Waals surface area contributed by atoms with Gasteiger partial charge in [0.15, 0.2) is 18.1 Å². The summed E-state index contributed by atoms with van der Waals surface area (Å²) >= 11 is 0. The summed E-state index contributed by atoms with van der Waals surface area (Å²) in [4.78, 5) is 26.0. The Balaban J connectivity index is 2.05. The molecule has 0 aliphatic carbocycles. The topological polar surface area (TPSA) is 65.1 Å². The number of esters is 1. The van der Waals surface area contributed by atoms with Crippen molar-refractivity contribution in [2.45, 2.75) is 13.0 Å². The number of nitrogens with zero attached hydrogens (tertiary/aromatic N) is 1. The third-order valence-corrected chi connectivity index (χ3v) is 3.51. The highest BCUT2D eigenvalue weighted by Gasteiger charge is 2.26. The number of ether oxygens (including phenoxy) is 3. The highest BCUT2D eigenvalue weighted by Crippen LogP contribution is 2.26. The molecule has 138 valence electrons. The molecule has 6 heteroatoms. The number of benzene rings is 2. The summed E-state index contributed by atoms with van der Waals surface area (Å²) in [5, 5.41) is 0. The van der Waals surface area contributed by atoms with Crippen molar-refractivity contribution in [2.24, 2.45) is 0 Å². The summed E-state index contributed by atoms with van der Waals surface area (Å²) in [7, 11) is 3.22. The molecule has 26 heavy (non-hydrogen) atoms. The average Bonchev–Trinajstić information content (AvgIpc) is 2.65. The fourth-order valence-corrected chi connectivity index (χ4v) is 2.27. The predicted octanol–water partition coefficient (Wildman–Crippen LogP) is 2.84. The van der Waals surface area contributed by atoms with Crippen LogP contribution in [-0.2, 0) is 14.3 Å². The third-order valence-electron chi connectivity index (χ3n) is 3.51. The number of carbonyl (C=O) groups is 2. The Morgan fingerprint density at radius 3 is 2.08 bits per heavy atom. The molecule has 2 rings (SSSR count). The third kappa shape index (κ3) is 5.24. The smallest absolute Gasteiger partial charge is 0.345 e. The van der Waals surface area contributed by atoms with E-state index in [2.05, 4.69) is 0 Å². The van der Waals surface area contributed by atoms with E-state index < -0.39 is 12.1 Å². The van der Waals surface area contributed by atoms with Gasteiger partial charge < -0.3 is 19.1 Å². The maximum atomic E-state index is 12.4. The van der Waals surface area contributed by atoms with Gasteiger partial charge in [0.2, 0.25) is 6.10 Å². The fraction of sp³-hybridized carbons (Fsp3) is 0.300. The van der Waals surface area contributed by atoms with Gasteiger partial charge in [-0.05, 0) is 19.1 Å². The first-order chi connectivity index (χ1) is 12.5. The lowest BCUT2D eigenvalue weighted by Crippen LogP contribution is -2.32. The molecule has 6 nitrogen and oxygen atoms in total. The van der Waals surface area contributed by atoms with Crippen LogP contribution in [-0.4, -0.2) is 44.1 Å². The van der Waals surface area contributed by atoms with Crippen LogP contribution in [0.4, 0.5) is 0 Å². The summed E-state index contributed by atoms with van der Waals surface area (Å²) in [6, 6.07) is 15.9. The maximum Gasteiger partial charge on any atom is 0.345 e. The summed E-state index contributed by atoms with van der Waals surface area (Å²) in [5.74, 6) is 0.0351. The normalized spacial score (nSPS) is 11.3. The van der Waals surface area contributed by atoms with E-state index in [9.17, 15) is 9.59 Å². The first-order valence-electron chi connectivity index (χ1n) is 8.33. The van der Waals surface area contributed by atoms with Crippen molar-refractivity contribution in [3.05, 3.63) is 60.2 Å². The number of hydrogen-bond donors (Lipinski definition) is 0. The summed E-state index contributed by atoms with van der Waals surface area (Å²) < 4.78 is 16.3. The molecule has 0 saturated carbocycles. The maximum absolute atomic E-state index is 12.4. The van der Waals surface area contributed by atoms with E-state index in [-0.39, 0.29) is 12.5 Å². The Labute approximate surface area is 153 Å². The van der Waals surface area contributed by atoms with Gasteiger partial charge in [0.05, 0.1) is 6.61 Å². The molecule has 0 spiro atoms. The van der Waals surface area contributed by atoms with Crippen LogP contribution in [0.1, 0.15) is 18.6 Å². The molecule has 0 heterocycles. The Morgan fingerprint density at radius 1 is 0.923 bits per heavy atom. The van der Waals surface area contributed by atoms with Gasteiger partial charge in [-0.15, -0.1) is 0 Å². The number of rotatable bonds is 8. The zero-order chi connectivity index (χ0) is 18.9. The zero-order valence-corrected chi connectivity index (χ0v) is 15.2. The van der Waals surface area contributed by atoms with E-state index in [1.807, 2.05) is 19.1 Å². The number of amides is 1. The molecule has 0 N–H and O–H groups in total. The Kier molecular flexibility index (Phi) is 7.02. The largest absolute Gasteiger partial charge is 0.490 e. The average molecular weight is 357 g/mol. The number of likely N-dealkylation sites (N-methyl/N-ethyl adjacent to an activating group) is 1. The van der Waals surface area contributed by atoms with E-state index in [0.29, 0.717) is 23.7 Å². The standard InChI is InChI=1S/C20H23NO5/c1-4-24-16-12-8-9-13-17(16)25-14-18(22)26-19(20(23)21(2)3)15-10-6-5-7-11-15/h5-13,19H,4,14H2,1-3H3. The van der Waals surface area contributed by atoms with Gasteiger partial charge in [-0.25, -0.2) is 4.79 Å². The van der Waals surface area contributed by atoms with Gasteiger partial charge in [-0.2, -0.15) is 0 Å². The molecule has 0 radical (unpaired) electrons. The second-order valence-electron chi connectivity index (χ2n) is 5.68. The molecule has 2 aromatic rings. The van der Waals surface area contributed by atoms with Gasteiger partial charge >= 0.3 is 5.97 Å². The van der Waals surface area contributed by atoms with Crippen LogP contribution < -0.4 is 9.47 Å². The molecule has 1 unspecified atom stereocenters. The first kappa shape index (κ1) is 19.3. The molecule has 0 aliphatic heterocycles. The van der Waals surface area contributed by atoms with Gasteiger partial charge in [0.25, 0.3) is 5.91 Å². The monoisotopic (exact) mass is 357 g/mol. The van der Waals surface area contributed by atoms with Crippen molar-refractivity contribution < 1.29 is 23.8 Å². The minimum atomic E-state index is -1.01. The SMILES string of the molecule is CCOc1ccccc1OCC(=O)OC(C(=O)N(C)C)c1ccccc1. The van der Waals surface area contributed by atoms with E-state index >= 15 is 0 Å². The number of para-hydroxylation sites is 2. The van der Waals surface area contributed by atoms with Gasteiger partial charge in [0, 0.05) is 19.7 Å². The molecular formula is C20H23NO5. The molecule has 0 bridgehead atoms. The molecule has 0 fully saturated rings. The van der Waals surface area contributed by atoms with Gasteiger partial charge in [0.1, 0.15) is 0 Å². The van der Waals surface area contributed by atoms with Crippen molar-refractivity contribution in [3.63, 3.8) is 0 Å².